The Morgan fingerprint density at radius 1 is 1.05 bits per heavy atom. The second kappa shape index (κ2) is 5.03. The zero-order valence-electron chi connectivity index (χ0n) is 12.4. The number of piperazine rings is 1. The van der Waals surface area contributed by atoms with Crippen molar-refractivity contribution >= 4 is 15.9 Å². The average Bonchev–Trinajstić information content (AvgIpc) is 2.25. The molecule has 0 aromatic rings. The van der Waals surface area contributed by atoms with Gasteiger partial charge in [0.25, 0.3) is 0 Å². The minimum Gasteiger partial charge on any atom is -0.340 e. The number of carbonyl (C=O) groups excluding carboxylic acids is 1. The highest BCUT2D eigenvalue weighted by atomic mass is 32.2. The first-order valence-electron chi connectivity index (χ1n) is 6.41. The lowest BCUT2D eigenvalue weighted by Crippen LogP contribution is -2.60. The maximum absolute atomic E-state index is 12.5. The molecule has 1 amide bonds. The minimum absolute atomic E-state index is 0.0202. The largest absolute Gasteiger partial charge is 0.340 e. The molecule has 112 valence electrons. The van der Waals surface area contributed by atoms with E-state index in [-0.39, 0.29) is 5.91 Å². The molecule has 2 N–H and O–H groups in total. The predicted octanol–water partition coefficient (Wildman–Crippen LogP) is -0.146. The van der Waals surface area contributed by atoms with Gasteiger partial charge in [-0.25, -0.2) is 8.42 Å². The van der Waals surface area contributed by atoms with E-state index >= 15 is 0 Å². The van der Waals surface area contributed by atoms with Crippen LogP contribution in [0.3, 0.4) is 0 Å². The lowest BCUT2D eigenvalue weighted by atomic mass is 9.74. The molecule has 0 bridgehead atoms. The first kappa shape index (κ1) is 16.4. The Bertz CT molecular complexity index is 443. The number of rotatable bonds is 3. The summed E-state index contributed by atoms with van der Waals surface area (Å²) in [6, 6.07) is 0. The van der Waals surface area contributed by atoms with Crippen LogP contribution < -0.4 is 5.73 Å². The van der Waals surface area contributed by atoms with Crippen molar-refractivity contribution in [2.45, 2.75) is 33.2 Å². The number of sulfonamides is 1. The number of hydrogen-bond acceptors (Lipinski definition) is 4. The molecule has 0 unspecified atom stereocenters. The zero-order chi connectivity index (χ0) is 15.1. The van der Waals surface area contributed by atoms with Gasteiger partial charge in [0.05, 0.1) is 11.7 Å². The molecule has 0 aromatic heterocycles. The second-order valence-electron chi connectivity index (χ2n) is 6.30. The third-order valence-electron chi connectivity index (χ3n) is 4.14. The van der Waals surface area contributed by atoms with Gasteiger partial charge in [-0.3, -0.25) is 4.79 Å². The van der Waals surface area contributed by atoms with Gasteiger partial charge in [-0.15, -0.1) is 0 Å². The molecule has 0 spiro atoms. The smallest absolute Gasteiger partial charge is 0.230 e. The Balaban J connectivity index is 2.74. The van der Waals surface area contributed by atoms with Crippen molar-refractivity contribution in [2.24, 2.45) is 11.1 Å². The van der Waals surface area contributed by atoms with Crippen LogP contribution in [0.15, 0.2) is 0 Å². The second-order valence-corrected chi connectivity index (χ2v) is 8.28. The Morgan fingerprint density at radius 3 is 1.79 bits per heavy atom. The summed E-state index contributed by atoms with van der Waals surface area (Å²) in [7, 11) is -3.17. The maximum atomic E-state index is 12.5. The quantitative estimate of drug-likeness (QED) is 0.784. The Kier molecular flexibility index (Phi) is 4.34. The zero-order valence-corrected chi connectivity index (χ0v) is 13.2. The molecule has 1 aliphatic heterocycles. The van der Waals surface area contributed by atoms with Crippen molar-refractivity contribution in [1.29, 1.82) is 0 Å². The predicted molar refractivity (Wildman–Crippen MR) is 75.0 cm³/mol. The normalized spacial score (nSPS) is 19.6. The molecule has 0 atom stereocenters. The van der Waals surface area contributed by atoms with Crippen LogP contribution in [0.4, 0.5) is 0 Å². The van der Waals surface area contributed by atoms with Crippen molar-refractivity contribution in [2.75, 3.05) is 32.4 Å². The van der Waals surface area contributed by atoms with Gasteiger partial charge < -0.3 is 10.6 Å². The van der Waals surface area contributed by atoms with Crippen LogP contribution in [-0.4, -0.2) is 61.5 Å². The summed E-state index contributed by atoms with van der Waals surface area (Å²) in [5.41, 5.74) is 4.76. The molecular weight excluding hydrogens is 266 g/mol. The molecule has 1 saturated heterocycles. The molecule has 0 aromatic carbocycles. The Morgan fingerprint density at radius 2 is 1.47 bits per heavy atom. The highest BCUT2D eigenvalue weighted by molar-refractivity contribution is 7.88. The Hall–Kier alpha value is -0.660. The highest BCUT2D eigenvalue weighted by Gasteiger charge is 2.43. The molecule has 19 heavy (non-hydrogen) atoms. The van der Waals surface area contributed by atoms with Crippen molar-refractivity contribution in [1.82, 2.24) is 9.21 Å². The van der Waals surface area contributed by atoms with Gasteiger partial charge in [0.1, 0.15) is 0 Å². The highest BCUT2D eigenvalue weighted by Crippen LogP contribution is 2.31. The minimum atomic E-state index is -3.17. The molecule has 1 aliphatic rings. The summed E-state index contributed by atoms with van der Waals surface area (Å²) in [4.78, 5) is 14.2. The molecular formula is C12H25N3O3S. The van der Waals surface area contributed by atoms with Gasteiger partial charge in [0.2, 0.25) is 15.9 Å². The van der Waals surface area contributed by atoms with Gasteiger partial charge in [0.15, 0.2) is 0 Å². The fraction of sp³-hybridized carbons (Fsp3) is 0.917. The number of amides is 1. The van der Waals surface area contributed by atoms with Crippen molar-refractivity contribution in [3.05, 3.63) is 0 Å². The monoisotopic (exact) mass is 291 g/mol. The number of nitrogens with zero attached hydrogens (tertiary/aromatic N) is 2. The fourth-order valence-corrected chi connectivity index (χ4v) is 2.72. The maximum Gasteiger partial charge on any atom is 0.230 e. The van der Waals surface area contributed by atoms with E-state index in [4.69, 9.17) is 5.73 Å². The van der Waals surface area contributed by atoms with Crippen LogP contribution in [0.1, 0.15) is 27.7 Å². The first-order chi connectivity index (χ1) is 8.37. The van der Waals surface area contributed by atoms with Crippen LogP contribution in [0.2, 0.25) is 0 Å². The van der Waals surface area contributed by atoms with Gasteiger partial charge in [0, 0.05) is 31.7 Å². The van der Waals surface area contributed by atoms with Gasteiger partial charge in [-0.1, -0.05) is 0 Å². The fourth-order valence-electron chi connectivity index (χ4n) is 1.89. The van der Waals surface area contributed by atoms with Crippen molar-refractivity contribution < 1.29 is 13.2 Å². The van der Waals surface area contributed by atoms with Crippen molar-refractivity contribution in [3.8, 4) is 0 Å². The third kappa shape index (κ3) is 3.46. The summed E-state index contributed by atoms with van der Waals surface area (Å²) in [5.74, 6) is -0.0202. The van der Waals surface area contributed by atoms with E-state index in [9.17, 15) is 13.2 Å². The van der Waals surface area contributed by atoms with Crippen LogP contribution in [0, 0.1) is 5.41 Å². The topological polar surface area (TPSA) is 83.7 Å². The van der Waals surface area contributed by atoms with E-state index in [1.54, 1.807) is 4.90 Å². The van der Waals surface area contributed by atoms with E-state index in [1.807, 2.05) is 27.7 Å². The SMILES string of the molecule is CC(C)(N)C(C)(C)C(=O)N1CCN(S(C)(=O)=O)CC1. The molecule has 0 aliphatic carbocycles. The average molecular weight is 291 g/mol. The Labute approximate surface area is 116 Å². The lowest BCUT2D eigenvalue weighted by molar-refractivity contribution is -0.144. The molecule has 1 heterocycles. The van der Waals surface area contributed by atoms with E-state index in [0.717, 1.165) is 0 Å². The van der Waals surface area contributed by atoms with Crippen LogP contribution >= 0.6 is 0 Å². The standard InChI is InChI=1S/C12H25N3O3S/c1-11(2,12(3,4)13)10(16)14-6-8-15(9-7-14)19(5,17)18/h6-9,13H2,1-5H3. The molecule has 0 saturated carbocycles. The van der Waals surface area contributed by atoms with Crippen LogP contribution in [-0.2, 0) is 14.8 Å². The van der Waals surface area contributed by atoms with E-state index in [2.05, 4.69) is 0 Å². The summed E-state index contributed by atoms with van der Waals surface area (Å²) < 4.78 is 24.2. The van der Waals surface area contributed by atoms with Crippen LogP contribution in [0.5, 0.6) is 0 Å². The van der Waals surface area contributed by atoms with Gasteiger partial charge in [-0.05, 0) is 27.7 Å². The third-order valence-corrected chi connectivity index (χ3v) is 5.44. The molecule has 6 nitrogen and oxygen atoms in total. The summed E-state index contributed by atoms with van der Waals surface area (Å²) >= 11 is 0. The van der Waals surface area contributed by atoms with Gasteiger partial charge in [-0.2, -0.15) is 4.31 Å². The van der Waals surface area contributed by atoms with E-state index < -0.39 is 21.0 Å². The molecule has 7 heteroatoms. The lowest BCUT2D eigenvalue weighted by Gasteiger charge is -2.43. The number of hydrogen-bond donors (Lipinski definition) is 1. The van der Waals surface area contributed by atoms with E-state index in [0.29, 0.717) is 26.2 Å². The van der Waals surface area contributed by atoms with Crippen LogP contribution in [0.25, 0.3) is 0 Å². The van der Waals surface area contributed by atoms with Crippen molar-refractivity contribution in [3.63, 3.8) is 0 Å². The summed E-state index contributed by atoms with van der Waals surface area (Å²) in [5, 5.41) is 0. The summed E-state index contributed by atoms with van der Waals surface area (Å²) in [6.45, 7) is 8.87. The first-order valence-corrected chi connectivity index (χ1v) is 8.25. The molecule has 1 rings (SSSR count). The molecule has 1 fully saturated rings. The number of nitrogens with two attached hydrogens (primary N) is 1. The van der Waals surface area contributed by atoms with E-state index in [1.165, 1.54) is 10.6 Å². The summed E-state index contributed by atoms with van der Waals surface area (Å²) in [6.07, 6.45) is 1.19. The number of carbonyl (C=O) groups is 1. The van der Waals surface area contributed by atoms with Gasteiger partial charge >= 0.3 is 0 Å². The molecule has 0 radical (unpaired) electrons.